The van der Waals surface area contributed by atoms with Crippen molar-refractivity contribution in [3.05, 3.63) is 28.8 Å². The number of carbonyl (C=O) groups excluding carboxylic acids is 2. The average molecular weight is 354 g/mol. The molecule has 7 heteroatoms. The van der Waals surface area contributed by atoms with Crippen molar-refractivity contribution >= 4 is 23.4 Å². The molecule has 0 unspecified atom stereocenters. The lowest BCUT2D eigenvalue weighted by molar-refractivity contribution is -0.126. The minimum absolute atomic E-state index is 0.136. The first-order valence-corrected chi connectivity index (χ1v) is 8.61. The van der Waals surface area contributed by atoms with Crippen molar-refractivity contribution < 1.29 is 14.3 Å². The summed E-state index contributed by atoms with van der Waals surface area (Å²) in [6.07, 6.45) is 3.17. The van der Waals surface area contributed by atoms with E-state index in [1.165, 1.54) is 0 Å². The van der Waals surface area contributed by atoms with Crippen molar-refractivity contribution in [3.8, 4) is 5.75 Å². The van der Waals surface area contributed by atoms with E-state index in [0.29, 0.717) is 48.9 Å². The second-order valence-electron chi connectivity index (χ2n) is 5.76. The summed E-state index contributed by atoms with van der Waals surface area (Å²) in [5.74, 6) is 0.0903. The lowest BCUT2D eigenvalue weighted by Crippen LogP contribution is -2.51. The van der Waals surface area contributed by atoms with E-state index >= 15 is 0 Å². The first kappa shape index (κ1) is 18.5. The van der Waals surface area contributed by atoms with Crippen LogP contribution < -0.4 is 15.8 Å². The third-order valence-corrected chi connectivity index (χ3v) is 4.33. The van der Waals surface area contributed by atoms with Crippen molar-refractivity contribution in [2.45, 2.75) is 31.7 Å². The van der Waals surface area contributed by atoms with E-state index in [9.17, 15) is 9.59 Å². The molecule has 1 atom stereocenters. The number of nitrogens with zero attached hydrogens (tertiary/aromatic N) is 1. The summed E-state index contributed by atoms with van der Waals surface area (Å²) in [5.41, 5.74) is 5.90. The topological polar surface area (TPSA) is 84.7 Å². The number of amides is 2. The van der Waals surface area contributed by atoms with Crippen molar-refractivity contribution in [2.24, 2.45) is 5.73 Å². The standard InChI is InChI=1S/C17H24ClN3O3/c1-20-16(22)14-5-2-3-9-21(14)17(23)13-7-6-12(18)11-15(13)24-10-4-8-19/h6-7,11,14H,2-5,8-10,19H2,1H3,(H,20,22)/t14-/m1/s1. The van der Waals surface area contributed by atoms with Gasteiger partial charge in [0.15, 0.2) is 0 Å². The van der Waals surface area contributed by atoms with Gasteiger partial charge >= 0.3 is 0 Å². The lowest BCUT2D eigenvalue weighted by atomic mass is 10.00. The second-order valence-corrected chi connectivity index (χ2v) is 6.19. The number of nitrogens with two attached hydrogens (primary N) is 1. The molecule has 0 spiro atoms. The zero-order valence-electron chi connectivity index (χ0n) is 13.9. The van der Waals surface area contributed by atoms with Gasteiger partial charge in [0.1, 0.15) is 11.8 Å². The van der Waals surface area contributed by atoms with Crippen LogP contribution >= 0.6 is 11.6 Å². The van der Waals surface area contributed by atoms with Crippen LogP contribution in [0.15, 0.2) is 18.2 Å². The molecule has 0 radical (unpaired) electrons. The lowest BCUT2D eigenvalue weighted by Gasteiger charge is -2.34. The van der Waals surface area contributed by atoms with Crippen LogP contribution in [-0.2, 0) is 4.79 Å². The summed E-state index contributed by atoms with van der Waals surface area (Å²) < 4.78 is 5.68. The molecule has 1 aliphatic heterocycles. The van der Waals surface area contributed by atoms with Crippen LogP contribution in [-0.4, -0.2) is 49.5 Å². The minimum Gasteiger partial charge on any atom is -0.493 e. The quantitative estimate of drug-likeness (QED) is 0.764. The molecule has 0 bridgehead atoms. The van der Waals surface area contributed by atoms with Gasteiger partial charge in [-0.15, -0.1) is 0 Å². The van der Waals surface area contributed by atoms with E-state index in [1.54, 1.807) is 30.1 Å². The Hall–Kier alpha value is -1.79. The van der Waals surface area contributed by atoms with Crippen LogP contribution in [0.3, 0.4) is 0 Å². The highest BCUT2D eigenvalue weighted by molar-refractivity contribution is 6.30. The van der Waals surface area contributed by atoms with E-state index < -0.39 is 6.04 Å². The van der Waals surface area contributed by atoms with E-state index in [-0.39, 0.29) is 11.8 Å². The first-order valence-electron chi connectivity index (χ1n) is 8.23. The highest BCUT2D eigenvalue weighted by Gasteiger charge is 2.33. The molecule has 24 heavy (non-hydrogen) atoms. The fraction of sp³-hybridized carbons (Fsp3) is 0.529. The Kier molecular flexibility index (Phi) is 6.87. The summed E-state index contributed by atoms with van der Waals surface area (Å²) in [7, 11) is 1.59. The number of nitrogens with one attached hydrogen (secondary N) is 1. The molecule has 0 aromatic heterocycles. The van der Waals surface area contributed by atoms with Gasteiger partial charge in [0, 0.05) is 18.6 Å². The van der Waals surface area contributed by atoms with Crippen molar-refractivity contribution in [3.63, 3.8) is 0 Å². The molecule has 1 heterocycles. The zero-order valence-corrected chi connectivity index (χ0v) is 14.6. The van der Waals surface area contributed by atoms with Gasteiger partial charge < -0.3 is 20.7 Å². The number of benzene rings is 1. The molecule has 0 saturated carbocycles. The van der Waals surface area contributed by atoms with Gasteiger partial charge in [-0.1, -0.05) is 11.6 Å². The number of hydrogen-bond acceptors (Lipinski definition) is 4. The number of hydrogen-bond donors (Lipinski definition) is 2. The summed E-state index contributed by atoms with van der Waals surface area (Å²) in [6.45, 7) is 1.48. The minimum atomic E-state index is -0.441. The van der Waals surface area contributed by atoms with Gasteiger partial charge in [0.25, 0.3) is 5.91 Å². The second kappa shape index (κ2) is 8.89. The normalized spacial score (nSPS) is 17.5. The molecule has 0 aliphatic carbocycles. The summed E-state index contributed by atoms with van der Waals surface area (Å²) in [4.78, 5) is 26.7. The molecule has 1 saturated heterocycles. The van der Waals surface area contributed by atoms with E-state index in [4.69, 9.17) is 22.1 Å². The third kappa shape index (κ3) is 4.39. The number of halogens is 1. The predicted octanol–water partition coefficient (Wildman–Crippen LogP) is 1.81. The predicted molar refractivity (Wildman–Crippen MR) is 93.4 cm³/mol. The molecule has 132 valence electrons. The van der Waals surface area contributed by atoms with Gasteiger partial charge in [-0.3, -0.25) is 9.59 Å². The van der Waals surface area contributed by atoms with Crippen LogP contribution in [0.4, 0.5) is 0 Å². The Labute approximate surface area is 147 Å². The Morgan fingerprint density at radius 2 is 2.21 bits per heavy atom. The fourth-order valence-corrected chi connectivity index (χ4v) is 2.99. The SMILES string of the molecule is CNC(=O)[C@H]1CCCCN1C(=O)c1ccc(Cl)cc1OCCCN. The van der Waals surface area contributed by atoms with E-state index in [0.717, 1.165) is 12.8 Å². The number of carbonyl (C=O) groups is 2. The Balaban J connectivity index is 2.25. The third-order valence-electron chi connectivity index (χ3n) is 4.09. The van der Waals surface area contributed by atoms with Crippen LogP contribution in [0.5, 0.6) is 5.75 Å². The van der Waals surface area contributed by atoms with Crippen LogP contribution in [0.1, 0.15) is 36.0 Å². The average Bonchev–Trinajstić information content (AvgIpc) is 2.61. The number of likely N-dealkylation sites (N-methyl/N-ethyl adjacent to an activating group) is 1. The van der Waals surface area contributed by atoms with Crippen LogP contribution in [0, 0.1) is 0 Å². The highest BCUT2D eigenvalue weighted by atomic mass is 35.5. The van der Waals surface area contributed by atoms with Gasteiger partial charge in [-0.05, 0) is 50.4 Å². The molecule has 1 aromatic rings. The molecule has 1 fully saturated rings. The Morgan fingerprint density at radius 3 is 2.92 bits per heavy atom. The van der Waals surface area contributed by atoms with Crippen LogP contribution in [0.25, 0.3) is 0 Å². The van der Waals surface area contributed by atoms with E-state index in [2.05, 4.69) is 5.32 Å². The number of rotatable bonds is 6. The summed E-state index contributed by atoms with van der Waals surface area (Å²) in [6, 6.07) is 4.50. The number of ether oxygens (including phenoxy) is 1. The monoisotopic (exact) mass is 353 g/mol. The van der Waals surface area contributed by atoms with Crippen LogP contribution in [0.2, 0.25) is 5.02 Å². The molecule has 6 nitrogen and oxygen atoms in total. The summed E-state index contributed by atoms with van der Waals surface area (Å²) in [5, 5.41) is 3.13. The molecular formula is C17H24ClN3O3. The van der Waals surface area contributed by atoms with Gasteiger partial charge in [0.05, 0.1) is 12.2 Å². The molecule has 1 aromatic carbocycles. The fourth-order valence-electron chi connectivity index (χ4n) is 2.83. The molecule has 2 rings (SSSR count). The largest absolute Gasteiger partial charge is 0.493 e. The first-order chi connectivity index (χ1) is 11.6. The van der Waals surface area contributed by atoms with Gasteiger partial charge in [-0.25, -0.2) is 0 Å². The molecule has 2 amide bonds. The summed E-state index contributed by atoms with van der Waals surface area (Å²) >= 11 is 6.03. The highest BCUT2D eigenvalue weighted by Crippen LogP contribution is 2.28. The van der Waals surface area contributed by atoms with Gasteiger partial charge in [0.2, 0.25) is 5.91 Å². The molecular weight excluding hydrogens is 330 g/mol. The van der Waals surface area contributed by atoms with Crippen molar-refractivity contribution in [1.82, 2.24) is 10.2 Å². The Bertz CT molecular complexity index is 594. The molecule has 3 N–H and O–H groups in total. The van der Waals surface area contributed by atoms with E-state index in [1.807, 2.05) is 0 Å². The van der Waals surface area contributed by atoms with Crippen molar-refractivity contribution in [1.29, 1.82) is 0 Å². The number of piperidine rings is 1. The molecule has 1 aliphatic rings. The van der Waals surface area contributed by atoms with Gasteiger partial charge in [-0.2, -0.15) is 0 Å². The Morgan fingerprint density at radius 1 is 1.42 bits per heavy atom. The number of likely N-dealkylation sites (tertiary alicyclic amines) is 1. The van der Waals surface area contributed by atoms with Crippen molar-refractivity contribution in [2.75, 3.05) is 26.7 Å². The smallest absolute Gasteiger partial charge is 0.258 e. The maximum Gasteiger partial charge on any atom is 0.258 e. The maximum atomic E-state index is 13.0. The zero-order chi connectivity index (χ0) is 17.5. The maximum absolute atomic E-state index is 13.0.